The summed E-state index contributed by atoms with van der Waals surface area (Å²) in [6.45, 7) is 8.40. The molecule has 0 aromatic heterocycles. The molecule has 68 valence electrons. The Bertz CT molecular complexity index is 184. The van der Waals surface area contributed by atoms with E-state index in [1.807, 2.05) is 0 Å². The number of thiol groups is 1. The average Bonchev–Trinajstić information content (AvgIpc) is 1.85. The molecule has 0 saturated carbocycles. The molecule has 0 aliphatic carbocycles. The van der Waals surface area contributed by atoms with Crippen LogP contribution >= 0.6 is 24.8 Å². The second-order valence-electron chi connectivity index (χ2n) is 1.94. The van der Waals surface area contributed by atoms with E-state index in [0.29, 0.717) is 0 Å². The van der Waals surface area contributed by atoms with Crippen LogP contribution in [0.2, 0.25) is 0 Å². The molecular weight excluding hydrogens is 194 g/mol. The first-order valence-corrected chi connectivity index (χ1v) is 3.98. The van der Waals surface area contributed by atoms with Gasteiger partial charge in [0.1, 0.15) is 4.32 Å². The highest BCUT2D eigenvalue weighted by molar-refractivity contribution is 8.11. The molecule has 3 nitrogen and oxygen atoms in total. The summed E-state index contributed by atoms with van der Waals surface area (Å²) < 4.78 is 10.3. The fourth-order valence-corrected chi connectivity index (χ4v) is 0.987. The maximum atomic E-state index is 5.00. The van der Waals surface area contributed by atoms with Crippen molar-refractivity contribution in [2.75, 3.05) is 0 Å². The predicted molar refractivity (Wildman–Crippen MR) is 55.7 cm³/mol. The number of nitrogens with one attached hydrogen (secondary N) is 1. The monoisotopic (exact) mass is 205 g/mol. The molecule has 1 N–H and O–H groups in total. The fraction of sp³-hybridized carbons (Fsp3) is 0.286. The first kappa shape index (κ1) is 11.3. The maximum absolute atomic E-state index is 5.00. The molecule has 0 aliphatic rings. The molecule has 0 spiro atoms. The number of hydrogen-bond donors (Lipinski definition) is 2. The Balaban J connectivity index is 4.25. The third-order valence-corrected chi connectivity index (χ3v) is 1.16. The average molecular weight is 205 g/mol. The van der Waals surface area contributed by atoms with E-state index >= 15 is 0 Å². The van der Waals surface area contributed by atoms with Gasteiger partial charge in [-0.25, -0.2) is 0 Å². The van der Waals surface area contributed by atoms with Crippen molar-refractivity contribution in [2.24, 2.45) is 0 Å². The van der Waals surface area contributed by atoms with E-state index in [-0.39, 0.29) is 4.32 Å². The summed E-state index contributed by atoms with van der Waals surface area (Å²) in [5, 5.41) is 2.67. The summed E-state index contributed by atoms with van der Waals surface area (Å²) in [6.07, 6.45) is 2.48. The van der Waals surface area contributed by atoms with E-state index in [1.165, 1.54) is 12.5 Å². The van der Waals surface area contributed by atoms with Gasteiger partial charge in [0.2, 0.25) is 0 Å². The number of hydrogen-bond acceptors (Lipinski definition) is 3. The molecule has 0 saturated heterocycles. The molecule has 0 rings (SSSR count). The van der Waals surface area contributed by atoms with E-state index < -0.39 is 5.91 Å². The molecule has 0 unspecified atom stereocenters. The molecule has 0 fully saturated rings. The van der Waals surface area contributed by atoms with E-state index in [4.69, 9.17) is 21.7 Å². The summed E-state index contributed by atoms with van der Waals surface area (Å²) in [5.41, 5.74) is 0. The van der Waals surface area contributed by atoms with Crippen LogP contribution in [0.15, 0.2) is 25.7 Å². The molecule has 0 aromatic carbocycles. The minimum Gasteiger partial charge on any atom is -0.444 e. The van der Waals surface area contributed by atoms with Gasteiger partial charge in [-0.3, -0.25) is 5.32 Å². The number of ether oxygens (including phenoxy) is 2. The second kappa shape index (κ2) is 5.05. The molecule has 0 radical (unpaired) electrons. The van der Waals surface area contributed by atoms with Crippen molar-refractivity contribution in [3.8, 4) is 0 Å². The Labute approximate surface area is 82.8 Å². The lowest BCUT2D eigenvalue weighted by Gasteiger charge is -2.28. The lowest BCUT2D eigenvalue weighted by Crippen LogP contribution is -2.46. The van der Waals surface area contributed by atoms with Gasteiger partial charge in [0.15, 0.2) is 0 Å². The Morgan fingerprint density at radius 3 is 2.17 bits per heavy atom. The van der Waals surface area contributed by atoms with Crippen LogP contribution in [0.1, 0.15) is 6.92 Å². The summed E-state index contributed by atoms with van der Waals surface area (Å²) in [6, 6.07) is 0. The van der Waals surface area contributed by atoms with Crippen LogP contribution in [-0.4, -0.2) is 10.2 Å². The molecule has 12 heavy (non-hydrogen) atoms. The molecule has 0 amide bonds. The van der Waals surface area contributed by atoms with Crippen molar-refractivity contribution in [1.82, 2.24) is 5.32 Å². The summed E-state index contributed by atoms with van der Waals surface area (Å²) in [7, 11) is 0. The zero-order valence-corrected chi connectivity index (χ0v) is 8.45. The van der Waals surface area contributed by atoms with E-state index in [9.17, 15) is 0 Å². The van der Waals surface area contributed by atoms with Gasteiger partial charge >= 0.3 is 5.91 Å². The lowest BCUT2D eigenvalue weighted by molar-refractivity contribution is -0.167. The van der Waals surface area contributed by atoms with Crippen molar-refractivity contribution in [1.29, 1.82) is 0 Å². The Kier molecular flexibility index (Phi) is 4.77. The largest absolute Gasteiger partial charge is 0.444 e. The molecule has 5 heteroatoms. The van der Waals surface area contributed by atoms with E-state index in [2.05, 4.69) is 31.1 Å². The molecule has 0 aliphatic heterocycles. The van der Waals surface area contributed by atoms with Crippen LogP contribution in [0.3, 0.4) is 0 Å². The first-order valence-electron chi connectivity index (χ1n) is 3.12. The van der Waals surface area contributed by atoms with E-state index in [0.717, 1.165) is 0 Å². The van der Waals surface area contributed by atoms with Crippen molar-refractivity contribution in [2.45, 2.75) is 12.8 Å². The SMILES string of the molecule is C=COC(C)(NC(=S)S)OC=C. The van der Waals surface area contributed by atoms with Gasteiger partial charge in [0.05, 0.1) is 12.5 Å². The van der Waals surface area contributed by atoms with Crippen LogP contribution in [-0.2, 0) is 9.47 Å². The Morgan fingerprint density at radius 1 is 1.50 bits per heavy atom. The zero-order chi connectivity index (χ0) is 9.61. The molecule has 0 atom stereocenters. The molecular formula is C7H11NO2S2. The summed E-state index contributed by atoms with van der Waals surface area (Å²) >= 11 is 8.57. The minimum absolute atomic E-state index is 0.265. The van der Waals surface area contributed by atoms with Crippen LogP contribution in [0.5, 0.6) is 0 Å². The highest BCUT2D eigenvalue weighted by Gasteiger charge is 2.25. The number of thiocarbonyl (C=S) groups is 1. The van der Waals surface area contributed by atoms with Gasteiger partial charge in [-0.05, 0) is 0 Å². The summed E-state index contributed by atoms with van der Waals surface area (Å²) in [4.78, 5) is 0. The normalized spacial score (nSPS) is 9.83. The van der Waals surface area contributed by atoms with Crippen molar-refractivity contribution < 1.29 is 9.47 Å². The zero-order valence-electron chi connectivity index (χ0n) is 6.74. The van der Waals surface area contributed by atoms with Gasteiger partial charge in [-0.1, -0.05) is 25.4 Å². The smallest absolute Gasteiger partial charge is 0.332 e. The van der Waals surface area contributed by atoms with Crippen LogP contribution in [0, 0.1) is 0 Å². The minimum atomic E-state index is -1.08. The van der Waals surface area contributed by atoms with Gasteiger partial charge in [0.25, 0.3) is 0 Å². The van der Waals surface area contributed by atoms with Crippen molar-refractivity contribution in [3.05, 3.63) is 25.7 Å². The topological polar surface area (TPSA) is 30.5 Å². The maximum Gasteiger partial charge on any atom is 0.332 e. The molecule has 0 bridgehead atoms. The van der Waals surface area contributed by atoms with Crippen molar-refractivity contribution >= 4 is 29.2 Å². The predicted octanol–water partition coefficient (Wildman–Crippen LogP) is 1.78. The van der Waals surface area contributed by atoms with Crippen LogP contribution in [0.4, 0.5) is 0 Å². The molecule has 0 aromatic rings. The van der Waals surface area contributed by atoms with Gasteiger partial charge in [0, 0.05) is 6.92 Å². The number of rotatable bonds is 5. The van der Waals surface area contributed by atoms with Crippen LogP contribution in [0.25, 0.3) is 0 Å². The third kappa shape index (κ3) is 4.25. The van der Waals surface area contributed by atoms with Gasteiger partial charge < -0.3 is 9.47 Å². The van der Waals surface area contributed by atoms with Crippen LogP contribution < -0.4 is 5.32 Å². The lowest BCUT2D eigenvalue weighted by atomic mass is 10.5. The Morgan fingerprint density at radius 2 is 1.92 bits per heavy atom. The van der Waals surface area contributed by atoms with Gasteiger partial charge in [-0.2, -0.15) is 0 Å². The fourth-order valence-electron chi connectivity index (χ4n) is 0.599. The highest BCUT2D eigenvalue weighted by atomic mass is 32.1. The highest BCUT2D eigenvalue weighted by Crippen LogP contribution is 2.09. The second-order valence-corrected chi connectivity index (χ2v) is 3.10. The Hall–Kier alpha value is -0.680. The molecule has 0 heterocycles. The summed E-state index contributed by atoms with van der Waals surface area (Å²) in [5.74, 6) is -1.08. The van der Waals surface area contributed by atoms with Crippen molar-refractivity contribution in [3.63, 3.8) is 0 Å². The van der Waals surface area contributed by atoms with E-state index in [1.54, 1.807) is 6.92 Å². The van der Waals surface area contributed by atoms with Gasteiger partial charge in [-0.15, -0.1) is 12.6 Å². The quantitative estimate of drug-likeness (QED) is 0.310. The standard InChI is InChI=1S/C7H11NO2S2/c1-4-9-7(3,10-5-2)8-6(11)12/h4-5H,1-2H2,3H3,(H2,8,11,12). The first-order chi connectivity index (χ1) is 5.54. The third-order valence-electron chi connectivity index (χ3n) is 0.950.